The second kappa shape index (κ2) is 11.9. The van der Waals surface area contributed by atoms with Crippen molar-refractivity contribution in [1.82, 2.24) is 0 Å². The highest BCUT2D eigenvalue weighted by atomic mass is 79.9. The van der Waals surface area contributed by atoms with Gasteiger partial charge in [0.25, 0.3) is 11.8 Å². The van der Waals surface area contributed by atoms with Gasteiger partial charge in [-0.1, -0.05) is 52.4 Å². The fourth-order valence-corrected chi connectivity index (χ4v) is 9.28. The van der Waals surface area contributed by atoms with Crippen LogP contribution in [0.4, 0.5) is 33.3 Å². The molecule has 3 aromatic rings. The molecule has 7 rings (SSSR count). The molecule has 1 N–H and O–H groups in total. The molecule has 6 unspecified atom stereocenters. The van der Waals surface area contributed by atoms with Gasteiger partial charge in [-0.15, -0.1) is 23.2 Å². The molecule has 0 aromatic heterocycles. The maximum atomic E-state index is 15.3. The van der Waals surface area contributed by atoms with E-state index in [0.29, 0.717) is 5.56 Å². The lowest BCUT2D eigenvalue weighted by molar-refractivity contribution is -0.125. The van der Waals surface area contributed by atoms with Crippen LogP contribution >= 0.6 is 39.1 Å². The first-order valence-electron chi connectivity index (χ1n) is 15.2. The van der Waals surface area contributed by atoms with E-state index in [4.69, 9.17) is 27.9 Å². The van der Waals surface area contributed by atoms with Gasteiger partial charge in [0.15, 0.2) is 44.5 Å². The van der Waals surface area contributed by atoms with Crippen LogP contribution in [0, 0.1) is 46.8 Å². The van der Waals surface area contributed by atoms with Crippen molar-refractivity contribution in [3.63, 3.8) is 0 Å². The van der Waals surface area contributed by atoms with Gasteiger partial charge < -0.3 is 9.84 Å². The minimum absolute atomic E-state index is 0.0730. The lowest BCUT2D eigenvalue weighted by Gasteiger charge is -2.50. The molecule has 8 nitrogen and oxygen atoms in total. The molecule has 0 spiro atoms. The number of phenols is 1. The molecule has 4 aliphatic rings. The smallest absolute Gasteiger partial charge is 0.258 e. The quantitative estimate of drug-likeness (QED) is 0.0727. The topological polar surface area (TPSA) is 104 Å². The van der Waals surface area contributed by atoms with E-state index >= 15 is 8.78 Å². The van der Waals surface area contributed by atoms with Crippen molar-refractivity contribution in [2.75, 3.05) is 16.9 Å². The molecule has 264 valence electrons. The number of rotatable bonds is 5. The first-order valence-corrected chi connectivity index (χ1v) is 16.7. The average molecular weight is 812 g/mol. The summed E-state index contributed by atoms with van der Waals surface area (Å²) in [5.74, 6) is -22.8. The molecular weight excluding hydrogens is 790 g/mol. The number of methoxy groups -OCH3 is 1. The van der Waals surface area contributed by atoms with Crippen molar-refractivity contribution >= 4 is 80.2 Å². The summed E-state index contributed by atoms with van der Waals surface area (Å²) in [6.45, 7) is 3.69. The van der Waals surface area contributed by atoms with Gasteiger partial charge in [-0.05, 0) is 48.6 Å². The van der Waals surface area contributed by atoms with Crippen LogP contribution in [0.2, 0.25) is 0 Å². The molecule has 2 aliphatic carbocycles. The van der Waals surface area contributed by atoms with Crippen molar-refractivity contribution in [3.05, 3.63) is 99.3 Å². The number of halogens is 8. The van der Waals surface area contributed by atoms with Gasteiger partial charge in [0, 0.05) is 16.0 Å². The van der Waals surface area contributed by atoms with Crippen LogP contribution in [0.3, 0.4) is 0 Å². The number of carbonyl (C=O) groups is 4. The SMILES string of the molecule is C=Cc1ccc(N2C(=O)C3CC=C4C(CC5(Cl)C(=O)N(c6c(F)c(F)c(F)c(F)c6F)C(=O)C5(Cl)C4c4cc(Br)cc(OC)c4O)C3C2=O)cc1. The summed E-state index contributed by atoms with van der Waals surface area (Å²) in [6.07, 6.45) is 2.33. The number of imide groups is 2. The third-order valence-corrected chi connectivity index (χ3v) is 12.1. The highest BCUT2D eigenvalue weighted by Gasteiger charge is 2.77. The molecule has 6 atom stereocenters. The van der Waals surface area contributed by atoms with Crippen LogP contribution in [0.15, 0.2) is 59.1 Å². The Morgan fingerprint density at radius 2 is 1.51 bits per heavy atom. The van der Waals surface area contributed by atoms with Gasteiger partial charge >= 0.3 is 0 Å². The van der Waals surface area contributed by atoms with Gasteiger partial charge in [-0.3, -0.25) is 24.1 Å². The Morgan fingerprint density at radius 1 is 0.902 bits per heavy atom. The van der Waals surface area contributed by atoms with Crippen molar-refractivity contribution in [2.45, 2.75) is 28.5 Å². The predicted molar refractivity (Wildman–Crippen MR) is 178 cm³/mol. The van der Waals surface area contributed by atoms with E-state index in [-0.39, 0.29) is 38.4 Å². The summed E-state index contributed by atoms with van der Waals surface area (Å²) >= 11 is 17.6. The molecule has 16 heteroatoms. The first kappa shape index (κ1) is 35.1. The molecule has 3 aromatic carbocycles. The third kappa shape index (κ3) is 4.54. The molecule has 1 saturated carbocycles. The van der Waals surface area contributed by atoms with Gasteiger partial charge in [-0.2, -0.15) is 0 Å². The minimum Gasteiger partial charge on any atom is -0.504 e. The van der Waals surface area contributed by atoms with Gasteiger partial charge in [0.1, 0.15) is 5.69 Å². The minimum atomic E-state index is -2.81. The number of ether oxygens (including phenoxy) is 1. The molecule has 51 heavy (non-hydrogen) atoms. The average Bonchev–Trinajstić information content (AvgIpc) is 3.45. The Balaban J connectivity index is 1.45. The molecule has 2 heterocycles. The molecule has 0 bridgehead atoms. The summed E-state index contributed by atoms with van der Waals surface area (Å²) < 4.78 is 79.1. The Labute approximate surface area is 304 Å². The monoisotopic (exact) mass is 810 g/mol. The molecule has 2 saturated heterocycles. The zero-order chi connectivity index (χ0) is 37.1. The second-order valence-electron chi connectivity index (χ2n) is 12.5. The van der Waals surface area contributed by atoms with E-state index in [1.807, 2.05) is 0 Å². The lowest BCUT2D eigenvalue weighted by atomic mass is 9.56. The summed E-state index contributed by atoms with van der Waals surface area (Å²) in [7, 11) is 1.22. The zero-order valence-corrected chi connectivity index (χ0v) is 29.1. The molecule has 4 amide bonds. The summed E-state index contributed by atoms with van der Waals surface area (Å²) in [6, 6.07) is 9.04. The lowest BCUT2D eigenvalue weighted by Crippen LogP contribution is -2.60. The number of hydrogen-bond donors (Lipinski definition) is 1. The highest BCUT2D eigenvalue weighted by Crippen LogP contribution is 2.67. The van der Waals surface area contributed by atoms with Crippen LogP contribution < -0.4 is 14.5 Å². The molecule has 3 fully saturated rings. The maximum absolute atomic E-state index is 15.3. The van der Waals surface area contributed by atoms with Crippen molar-refractivity contribution in [2.24, 2.45) is 17.8 Å². The molecule has 2 aliphatic heterocycles. The Hall–Kier alpha value is -4.27. The van der Waals surface area contributed by atoms with E-state index in [1.165, 1.54) is 25.3 Å². The van der Waals surface area contributed by atoms with Crippen LogP contribution in [-0.2, 0) is 19.2 Å². The van der Waals surface area contributed by atoms with Crippen LogP contribution in [0.1, 0.15) is 29.9 Å². The van der Waals surface area contributed by atoms with Crippen LogP contribution in [-0.4, -0.2) is 45.6 Å². The zero-order valence-electron chi connectivity index (χ0n) is 26.0. The van der Waals surface area contributed by atoms with Crippen LogP contribution in [0.25, 0.3) is 6.08 Å². The number of fused-ring (bicyclic) bond motifs is 4. The highest BCUT2D eigenvalue weighted by molar-refractivity contribution is 9.10. The Kier molecular flexibility index (Phi) is 8.19. The number of nitrogens with zero attached hydrogens (tertiary/aromatic N) is 2. The Morgan fingerprint density at radius 3 is 2.10 bits per heavy atom. The summed E-state index contributed by atoms with van der Waals surface area (Å²) in [4.78, 5) is 52.0. The number of anilines is 2. The van der Waals surface area contributed by atoms with E-state index in [9.17, 15) is 37.5 Å². The number of amides is 4. The number of allylic oxidation sites excluding steroid dienone is 2. The molecular formula is C35H22BrCl2F5N2O6. The predicted octanol–water partition coefficient (Wildman–Crippen LogP) is 7.27. The van der Waals surface area contributed by atoms with Crippen molar-refractivity contribution in [1.29, 1.82) is 0 Å². The number of aromatic hydroxyl groups is 1. The normalized spacial score (nSPS) is 28.5. The largest absolute Gasteiger partial charge is 0.504 e. The van der Waals surface area contributed by atoms with Gasteiger partial charge in [0.2, 0.25) is 17.6 Å². The summed E-state index contributed by atoms with van der Waals surface area (Å²) in [5.41, 5.74) is -0.969. The van der Waals surface area contributed by atoms with Gasteiger partial charge in [0.05, 0.1) is 24.6 Å². The van der Waals surface area contributed by atoms with Crippen LogP contribution in [0.5, 0.6) is 11.5 Å². The Bertz CT molecular complexity index is 2140. The first-order chi connectivity index (χ1) is 24.0. The van der Waals surface area contributed by atoms with Crippen molar-refractivity contribution in [3.8, 4) is 11.5 Å². The number of phenolic OH excluding ortho intramolecular Hbond substituents is 1. The summed E-state index contributed by atoms with van der Waals surface area (Å²) in [5, 5.41) is 11.4. The number of alkyl halides is 2. The van der Waals surface area contributed by atoms with E-state index in [1.54, 1.807) is 30.3 Å². The standard InChI is InChI=1S/C35H22BrCl2F5N2O6/c1-3-13-4-6-15(7-5-13)44-30(47)17-9-8-16-19(21(17)31(44)48)12-34(37)32(49)45(28-26(42)24(40)23(39)25(41)27(28)43)33(50)35(34,38)22(16)18-10-14(36)11-20(51-2)29(18)46/h3-8,10-11,17,19,21-22,46H,1,9,12H2,2H3. The van der Waals surface area contributed by atoms with E-state index < -0.39 is 104 Å². The maximum Gasteiger partial charge on any atom is 0.258 e. The van der Waals surface area contributed by atoms with E-state index in [2.05, 4.69) is 22.5 Å². The van der Waals surface area contributed by atoms with Crippen molar-refractivity contribution < 1.29 is 51.0 Å². The fraction of sp³-hybridized carbons (Fsp3) is 0.257. The van der Waals surface area contributed by atoms with Gasteiger partial charge in [-0.25, -0.2) is 26.9 Å². The number of carbonyl (C=O) groups excluding carboxylic acids is 4. The number of hydrogen-bond acceptors (Lipinski definition) is 6. The molecule has 0 radical (unpaired) electrons. The fourth-order valence-electron chi connectivity index (χ4n) is 7.90. The number of benzene rings is 3. The second-order valence-corrected chi connectivity index (χ2v) is 14.7. The third-order valence-electron chi connectivity index (χ3n) is 10.2. The van der Waals surface area contributed by atoms with E-state index in [0.717, 1.165) is 4.90 Å².